The van der Waals surface area contributed by atoms with E-state index in [1.807, 2.05) is 0 Å². The van der Waals surface area contributed by atoms with Crippen molar-refractivity contribution in [1.29, 1.82) is 0 Å². The average molecular weight is 220 g/mol. The Bertz CT molecular complexity index is 216. The summed E-state index contributed by atoms with van der Waals surface area (Å²) in [7, 11) is 0. The highest BCUT2D eigenvalue weighted by atomic mass is 35.5. The fraction of sp³-hybridized carbons (Fsp3) is 0.556. The maximum atomic E-state index is 10.9. The molecule has 0 heterocycles. The summed E-state index contributed by atoms with van der Waals surface area (Å²) in [5.74, 6) is 0.0262. The second-order valence-electron chi connectivity index (χ2n) is 2.49. The van der Waals surface area contributed by atoms with Gasteiger partial charge >= 0.3 is 5.97 Å². The number of aliphatic imine (C=N–C) groups is 1. The molecule has 0 aliphatic heterocycles. The van der Waals surface area contributed by atoms with E-state index in [-0.39, 0.29) is 6.61 Å². The third kappa shape index (κ3) is 7.61. The van der Waals surface area contributed by atoms with Crippen LogP contribution in [0.25, 0.3) is 0 Å². The smallest absolute Gasteiger partial charge is 0.333 e. The van der Waals surface area contributed by atoms with E-state index in [1.165, 1.54) is 6.40 Å². The third-order valence-electron chi connectivity index (χ3n) is 1.15. The van der Waals surface area contributed by atoms with Crippen LogP contribution in [0, 0.1) is 0 Å². The van der Waals surface area contributed by atoms with Crippen LogP contribution in [0.4, 0.5) is 0 Å². The zero-order chi connectivity index (χ0) is 10.8. The van der Waals surface area contributed by atoms with E-state index < -0.39 is 5.97 Å². The summed E-state index contributed by atoms with van der Waals surface area (Å²) in [5.41, 5.74) is 0.382. The number of carbonyl (C=O) groups is 1. The molecule has 0 saturated carbocycles. The molecule has 0 fully saturated rings. The number of rotatable bonds is 7. The Morgan fingerprint density at radius 2 is 2.29 bits per heavy atom. The van der Waals surface area contributed by atoms with Crippen molar-refractivity contribution < 1.29 is 14.3 Å². The van der Waals surface area contributed by atoms with E-state index in [9.17, 15) is 4.79 Å². The molecule has 5 heteroatoms. The minimum absolute atomic E-state index is 0.229. The van der Waals surface area contributed by atoms with E-state index in [1.54, 1.807) is 6.92 Å². The normalized spacial score (nSPS) is 10.1. The number of nitrogens with zero attached hydrogens (tertiary/aromatic N) is 1. The molecule has 4 nitrogen and oxygen atoms in total. The summed E-state index contributed by atoms with van der Waals surface area (Å²) in [6.07, 6.45) is 1.30. The van der Waals surface area contributed by atoms with Gasteiger partial charge in [-0.25, -0.2) is 4.79 Å². The summed E-state index contributed by atoms with van der Waals surface area (Å²) in [6.45, 7) is 6.07. The molecule has 0 aliphatic rings. The van der Waals surface area contributed by atoms with Crippen LogP contribution in [-0.2, 0) is 14.3 Å². The summed E-state index contributed by atoms with van der Waals surface area (Å²) in [4.78, 5) is 14.7. The lowest BCUT2D eigenvalue weighted by molar-refractivity contribution is -0.138. The van der Waals surface area contributed by atoms with Gasteiger partial charge in [0.15, 0.2) is 6.40 Å². The molecular formula is C9H14ClNO3. The van der Waals surface area contributed by atoms with Crippen LogP contribution >= 0.6 is 11.6 Å². The van der Waals surface area contributed by atoms with Gasteiger partial charge in [-0.05, 0) is 6.92 Å². The van der Waals surface area contributed by atoms with Crippen molar-refractivity contribution >= 4 is 24.0 Å². The largest absolute Gasteiger partial charge is 0.482 e. The Balaban J connectivity index is 3.33. The maximum absolute atomic E-state index is 10.9. The number of hydrogen-bond donors (Lipinski definition) is 0. The lowest BCUT2D eigenvalue weighted by Crippen LogP contribution is -2.08. The molecule has 14 heavy (non-hydrogen) atoms. The summed E-state index contributed by atoms with van der Waals surface area (Å²) in [6, 6.07) is 0. The Kier molecular flexibility index (Phi) is 7.93. The highest BCUT2D eigenvalue weighted by molar-refractivity contribution is 6.18. The van der Waals surface area contributed by atoms with Crippen LogP contribution in [0.1, 0.15) is 6.92 Å². The van der Waals surface area contributed by atoms with E-state index in [2.05, 4.69) is 11.6 Å². The molecule has 0 aromatic carbocycles. The number of ether oxygens (including phenoxy) is 2. The van der Waals surface area contributed by atoms with Gasteiger partial charge in [-0.3, -0.25) is 4.99 Å². The molecule has 0 aliphatic carbocycles. The Labute approximate surface area is 88.6 Å². The van der Waals surface area contributed by atoms with E-state index in [4.69, 9.17) is 21.1 Å². The molecule has 0 amide bonds. The minimum Gasteiger partial charge on any atom is -0.482 e. The van der Waals surface area contributed by atoms with Gasteiger partial charge in [0.1, 0.15) is 13.2 Å². The SMILES string of the molecule is C=C(C)C(=O)OCC/N=C/OCCCl. The van der Waals surface area contributed by atoms with Crippen molar-refractivity contribution in [2.75, 3.05) is 25.6 Å². The molecule has 0 unspecified atom stereocenters. The fourth-order valence-corrected chi connectivity index (χ4v) is 0.606. The van der Waals surface area contributed by atoms with Gasteiger partial charge in [0, 0.05) is 5.57 Å². The van der Waals surface area contributed by atoms with Gasteiger partial charge in [-0.1, -0.05) is 6.58 Å². The van der Waals surface area contributed by atoms with Crippen molar-refractivity contribution in [3.05, 3.63) is 12.2 Å². The highest BCUT2D eigenvalue weighted by Gasteiger charge is 2.00. The Morgan fingerprint density at radius 1 is 1.57 bits per heavy atom. The fourth-order valence-electron chi connectivity index (χ4n) is 0.517. The molecule has 0 atom stereocenters. The van der Waals surface area contributed by atoms with Crippen LogP contribution < -0.4 is 0 Å². The average Bonchev–Trinajstić information content (AvgIpc) is 2.16. The van der Waals surface area contributed by atoms with Gasteiger partial charge in [0.05, 0.1) is 12.4 Å². The number of esters is 1. The van der Waals surface area contributed by atoms with Crippen LogP contribution in [0.2, 0.25) is 0 Å². The maximum Gasteiger partial charge on any atom is 0.333 e. The molecule has 80 valence electrons. The Hall–Kier alpha value is -1.03. The number of halogens is 1. The molecular weight excluding hydrogens is 206 g/mol. The summed E-state index contributed by atoms with van der Waals surface area (Å²) in [5, 5.41) is 0. The molecule has 0 N–H and O–H groups in total. The molecule has 0 rings (SSSR count). The second-order valence-corrected chi connectivity index (χ2v) is 2.87. The van der Waals surface area contributed by atoms with E-state index in [0.29, 0.717) is 24.6 Å². The lowest BCUT2D eigenvalue weighted by Gasteiger charge is -2.00. The topological polar surface area (TPSA) is 47.9 Å². The Morgan fingerprint density at radius 3 is 2.86 bits per heavy atom. The lowest BCUT2D eigenvalue weighted by atomic mass is 10.4. The molecule has 0 bridgehead atoms. The first kappa shape index (κ1) is 13.0. The van der Waals surface area contributed by atoms with Crippen LogP contribution in [0.15, 0.2) is 17.1 Å². The van der Waals surface area contributed by atoms with E-state index in [0.717, 1.165) is 0 Å². The zero-order valence-corrected chi connectivity index (χ0v) is 8.92. The van der Waals surface area contributed by atoms with Crippen LogP contribution in [0.3, 0.4) is 0 Å². The molecule has 0 aromatic heterocycles. The standard InChI is InChI=1S/C9H14ClNO3/c1-8(2)9(12)14-6-4-11-7-13-5-3-10/h7H,1,3-6H2,2H3/b11-7+. The first-order valence-electron chi connectivity index (χ1n) is 4.17. The van der Waals surface area contributed by atoms with Crippen LogP contribution in [0.5, 0.6) is 0 Å². The van der Waals surface area contributed by atoms with Gasteiger partial charge in [-0.2, -0.15) is 0 Å². The monoisotopic (exact) mass is 219 g/mol. The number of alkyl halides is 1. The first-order chi connectivity index (χ1) is 6.68. The quantitative estimate of drug-likeness (QED) is 0.162. The van der Waals surface area contributed by atoms with Crippen molar-refractivity contribution in [2.45, 2.75) is 6.92 Å². The molecule has 0 saturated heterocycles. The first-order valence-corrected chi connectivity index (χ1v) is 4.70. The van der Waals surface area contributed by atoms with Gasteiger partial charge in [0.2, 0.25) is 0 Å². The minimum atomic E-state index is -0.401. The predicted octanol–water partition coefficient (Wildman–Crippen LogP) is 1.39. The zero-order valence-electron chi connectivity index (χ0n) is 8.16. The van der Waals surface area contributed by atoms with Crippen LogP contribution in [-0.4, -0.2) is 38.0 Å². The third-order valence-corrected chi connectivity index (χ3v) is 1.30. The van der Waals surface area contributed by atoms with Crippen molar-refractivity contribution in [3.63, 3.8) is 0 Å². The molecule has 0 spiro atoms. The van der Waals surface area contributed by atoms with Gasteiger partial charge in [-0.15, -0.1) is 11.6 Å². The predicted molar refractivity (Wildman–Crippen MR) is 55.8 cm³/mol. The van der Waals surface area contributed by atoms with Gasteiger partial charge < -0.3 is 9.47 Å². The number of hydrogen-bond acceptors (Lipinski definition) is 4. The van der Waals surface area contributed by atoms with Crippen molar-refractivity contribution in [2.24, 2.45) is 4.99 Å². The highest BCUT2D eigenvalue weighted by Crippen LogP contribution is 1.91. The van der Waals surface area contributed by atoms with Crippen molar-refractivity contribution in [1.82, 2.24) is 0 Å². The second kappa shape index (κ2) is 8.56. The van der Waals surface area contributed by atoms with Gasteiger partial charge in [0.25, 0.3) is 0 Å². The van der Waals surface area contributed by atoms with Crippen molar-refractivity contribution in [3.8, 4) is 0 Å². The summed E-state index contributed by atoms with van der Waals surface area (Å²) < 4.78 is 9.63. The van der Waals surface area contributed by atoms with E-state index >= 15 is 0 Å². The molecule has 0 radical (unpaired) electrons. The summed E-state index contributed by atoms with van der Waals surface area (Å²) >= 11 is 5.35. The molecule has 0 aromatic rings. The number of carbonyl (C=O) groups excluding carboxylic acids is 1.